The zero-order chi connectivity index (χ0) is 21.8. The maximum atomic E-state index is 12.0. The molecule has 0 bridgehead atoms. The number of aromatic nitrogens is 2. The quantitative estimate of drug-likeness (QED) is 0.167. The number of anilines is 2. The molecular formula is C15H19N6O8P. The second kappa shape index (κ2) is 7.08. The number of hydrogen-bond acceptors (Lipinski definition) is 11. The van der Waals surface area contributed by atoms with Crippen LogP contribution in [0.1, 0.15) is 13.2 Å². The predicted octanol–water partition coefficient (Wildman–Crippen LogP) is -1.11. The van der Waals surface area contributed by atoms with Crippen LogP contribution in [-0.2, 0) is 13.8 Å². The van der Waals surface area contributed by atoms with Crippen LogP contribution in [0.3, 0.4) is 0 Å². The summed E-state index contributed by atoms with van der Waals surface area (Å²) in [7, 11) is -4.81. The van der Waals surface area contributed by atoms with Crippen molar-refractivity contribution in [3.05, 3.63) is 22.6 Å². The summed E-state index contributed by atoms with van der Waals surface area (Å²) in [6.45, 7) is 0.648. The van der Waals surface area contributed by atoms with E-state index in [1.54, 1.807) is 0 Å². The van der Waals surface area contributed by atoms with Gasteiger partial charge in [-0.1, -0.05) is 0 Å². The van der Waals surface area contributed by atoms with Crippen LogP contribution in [0.25, 0.3) is 10.8 Å². The van der Waals surface area contributed by atoms with Crippen LogP contribution in [0.2, 0.25) is 0 Å². The van der Waals surface area contributed by atoms with Gasteiger partial charge in [-0.15, -0.1) is 0 Å². The normalized spacial score (nSPS) is 28.0. The topological polar surface area (TPSA) is 214 Å². The van der Waals surface area contributed by atoms with Crippen molar-refractivity contribution in [3.63, 3.8) is 0 Å². The Balaban J connectivity index is 1.83. The zero-order valence-corrected chi connectivity index (χ0v) is 16.4. The van der Waals surface area contributed by atoms with Crippen LogP contribution in [0.4, 0.5) is 17.3 Å². The van der Waals surface area contributed by atoms with Crippen molar-refractivity contribution in [3.8, 4) is 0 Å². The van der Waals surface area contributed by atoms with Gasteiger partial charge in [0, 0.05) is 17.6 Å². The number of hydrazine groups is 1. The van der Waals surface area contributed by atoms with Gasteiger partial charge >= 0.3 is 7.82 Å². The van der Waals surface area contributed by atoms with Gasteiger partial charge in [-0.2, -0.15) is 4.98 Å². The molecule has 2 aromatic rings. The molecule has 4 atom stereocenters. The van der Waals surface area contributed by atoms with Gasteiger partial charge < -0.3 is 40.0 Å². The molecule has 0 radical (unpaired) electrons. The summed E-state index contributed by atoms with van der Waals surface area (Å²) >= 11 is 0. The third-order valence-corrected chi connectivity index (χ3v) is 5.47. The molecule has 2 aliphatic rings. The molecule has 30 heavy (non-hydrogen) atoms. The molecule has 162 valence electrons. The van der Waals surface area contributed by atoms with Gasteiger partial charge in [-0.3, -0.25) is 15.2 Å². The lowest BCUT2D eigenvalue weighted by atomic mass is 9.96. The van der Waals surface area contributed by atoms with Gasteiger partial charge in [-0.05, 0) is 6.92 Å². The van der Waals surface area contributed by atoms with Crippen molar-refractivity contribution in [2.75, 3.05) is 17.3 Å². The van der Waals surface area contributed by atoms with Crippen LogP contribution in [0.5, 0.6) is 0 Å². The Labute approximate surface area is 168 Å². The number of ether oxygens (including phenoxy) is 1. The second-order valence-corrected chi connectivity index (χ2v) is 8.28. The lowest BCUT2D eigenvalue weighted by Crippen LogP contribution is -2.44. The summed E-state index contributed by atoms with van der Waals surface area (Å²) in [5.41, 5.74) is 0.227. The first-order valence-corrected chi connectivity index (χ1v) is 10.2. The van der Waals surface area contributed by atoms with E-state index in [1.807, 2.05) is 0 Å². The zero-order valence-electron chi connectivity index (χ0n) is 15.5. The number of phosphoric acid groups is 1. The Hall–Kier alpha value is -2.42. The van der Waals surface area contributed by atoms with Crippen molar-refractivity contribution in [2.45, 2.75) is 31.0 Å². The van der Waals surface area contributed by atoms with Crippen LogP contribution >= 0.6 is 7.82 Å². The van der Waals surface area contributed by atoms with Crippen LogP contribution < -0.4 is 22.1 Å². The SMILES string of the molecule is C[C@@]1(O)[C@H](O)[C@@H](COP(=O)(O)O)O[C@H]1n1cc2c(NN)cc(=O)nc3c2c1N=CN3. The summed E-state index contributed by atoms with van der Waals surface area (Å²) < 4.78 is 22.5. The Morgan fingerprint density at radius 2 is 2.23 bits per heavy atom. The number of rotatable bonds is 5. The Kier molecular flexibility index (Phi) is 4.91. The maximum Gasteiger partial charge on any atom is 0.469 e. The summed E-state index contributed by atoms with van der Waals surface area (Å²) in [5, 5.41) is 25.0. The van der Waals surface area contributed by atoms with E-state index in [0.717, 1.165) is 0 Å². The first-order valence-electron chi connectivity index (χ1n) is 8.64. The minimum Gasteiger partial charge on any atom is -0.387 e. The van der Waals surface area contributed by atoms with E-state index in [4.69, 9.17) is 20.4 Å². The smallest absolute Gasteiger partial charge is 0.387 e. The fourth-order valence-corrected chi connectivity index (χ4v) is 3.93. The number of nitrogens with one attached hydrogen (secondary N) is 2. The van der Waals surface area contributed by atoms with E-state index < -0.39 is 44.0 Å². The molecule has 1 saturated heterocycles. The van der Waals surface area contributed by atoms with E-state index in [-0.39, 0.29) is 17.3 Å². The lowest BCUT2D eigenvalue weighted by Gasteiger charge is -2.28. The van der Waals surface area contributed by atoms with Gasteiger partial charge in [0.15, 0.2) is 6.23 Å². The molecule has 0 aromatic carbocycles. The third kappa shape index (κ3) is 3.38. The monoisotopic (exact) mass is 442 g/mol. The number of phosphoric ester groups is 1. The number of aliphatic hydroxyl groups excluding tert-OH is 1. The van der Waals surface area contributed by atoms with Crippen LogP contribution in [0.15, 0.2) is 22.1 Å². The largest absolute Gasteiger partial charge is 0.469 e. The summed E-state index contributed by atoms with van der Waals surface area (Å²) in [6, 6.07) is 1.19. The Morgan fingerprint density at radius 3 is 2.90 bits per heavy atom. The maximum absolute atomic E-state index is 12.0. The third-order valence-electron chi connectivity index (χ3n) is 4.98. The van der Waals surface area contributed by atoms with Crippen molar-refractivity contribution < 1.29 is 33.8 Å². The molecule has 2 aliphatic heterocycles. The Bertz CT molecular complexity index is 1140. The number of aliphatic imine (C=N–C) groups is 1. The predicted molar refractivity (Wildman–Crippen MR) is 104 cm³/mol. The standard InChI is InChI=1S/C15H19N6O8P/c1-15(24)11(23)8(4-28-30(25,26)27)29-14(15)21-3-6-7(20-16)2-9(22)19-12-10(6)13(21)18-5-17-12/h2-3,5,8,11,14,20,23-24H,4,16H2,1H3,(H2,25,26,27)(H,17,18,19,22)/t8-,11-,14-,15-/m1/s1. The second-order valence-electron chi connectivity index (χ2n) is 7.04. The van der Waals surface area contributed by atoms with Gasteiger partial charge in [0.1, 0.15) is 29.4 Å². The highest BCUT2D eigenvalue weighted by Crippen LogP contribution is 2.46. The number of hydrogen-bond donors (Lipinski definition) is 7. The van der Waals surface area contributed by atoms with E-state index in [1.165, 1.54) is 30.1 Å². The first kappa shape index (κ1) is 20.8. The van der Waals surface area contributed by atoms with Crippen molar-refractivity contribution in [1.82, 2.24) is 9.55 Å². The molecule has 0 spiro atoms. The average Bonchev–Trinajstić information content (AvgIpc) is 3.08. The molecular weight excluding hydrogens is 423 g/mol. The minimum absolute atomic E-state index is 0.208. The number of nitrogens with two attached hydrogens (primary N) is 1. The highest BCUT2D eigenvalue weighted by molar-refractivity contribution is 7.46. The van der Waals surface area contributed by atoms with Crippen molar-refractivity contribution in [1.29, 1.82) is 0 Å². The van der Waals surface area contributed by atoms with E-state index in [0.29, 0.717) is 10.8 Å². The Morgan fingerprint density at radius 1 is 1.50 bits per heavy atom. The summed E-state index contributed by atoms with van der Waals surface area (Å²) in [4.78, 5) is 38.0. The van der Waals surface area contributed by atoms with E-state index >= 15 is 0 Å². The molecule has 14 nitrogen and oxygen atoms in total. The summed E-state index contributed by atoms with van der Waals surface area (Å²) in [6.07, 6.45) is -1.19. The van der Waals surface area contributed by atoms with Gasteiger partial charge in [0.2, 0.25) is 0 Å². The van der Waals surface area contributed by atoms with Crippen LogP contribution in [0, 0.1) is 0 Å². The van der Waals surface area contributed by atoms with Crippen molar-refractivity contribution in [2.24, 2.45) is 10.8 Å². The lowest BCUT2D eigenvalue weighted by molar-refractivity contribution is -0.0954. The average molecular weight is 442 g/mol. The van der Waals surface area contributed by atoms with Crippen LogP contribution in [-0.4, -0.2) is 60.3 Å². The molecule has 0 saturated carbocycles. The van der Waals surface area contributed by atoms with Gasteiger partial charge in [0.05, 0.1) is 24.0 Å². The fourth-order valence-electron chi connectivity index (χ4n) is 3.59. The molecule has 15 heteroatoms. The van der Waals surface area contributed by atoms with Crippen molar-refractivity contribution >= 4 is 42.3 Å². The minimum atomic E-state index is -4.81. The number of aliphatic hydroxyl groups is 2. The molecule has 0 aliphatic carbocycles. The highest BCUT2D eigenvalue weighted by atomic mass is 31.2. The first-order chi connectivity index (χ1) is 14.0. The number of nitrogens with zero attached hydrogens (tertiary/aromatic N) is 3. The van der Waals surface area contributed by atoms with E-state index in [9.17, 15) is 19.6 Å². The molecule has 0 amide bonds. The van der Waals surface area contributed by atoms with E-state index in [2.05, 4.69) is 25.2 Å². The molecule has 4 heterocycles. The highest BCUT2D eigenvalue weighted by Gasteiger charge is 2.54. The fraction of sp³-hybridized carbons (Fsp3) is 0.400. The van der Waals surface area contributed by atoms with Gasteiger partial charge in [0.25, 0.3) is 5.56 Å². The molecule has 4 rings (SSSR count). The summed E-state index contributed by atoms with van der Waals surface area (Å²) in [5.74, 6) is 6.01. The molecule has 2 aromatic heterocycles. The molecule has 8 N–H and O–H groups in total. The molecule has 1 fully saturated rings. The van der Waals surface area contributed by atoms with Gasteiger partial charge in [-0.25, -0.2) is 9.56 Å². The molecule has 0 unspecified atom stereocenters. The number of nitrogen functional groups attached to an aromatic ring is 1.